The SMILES string of the molecule is CCN(CCNC(=NC)NCC1CC(=O)N(CCc2ccccc2)C1)c1cccc(C)c1.I. The Labute approximate surface area is 215 Å². The monoisotopic (exact) mass is 563 g/mol. The number of amides is 1. The number of nitrogens with one attached hydrogen (secondary N) is 2. The van der Waals surface area contributed by atoms with E-state index in [2.05, 4.69) is 70.8 Å². The Kier molecular flexibility index (Phi) is 11.5. The van der Waals surface area contributed by atoms with E-state index in [1.165, 1.54) is 16.8 Å². The number of likely N-dealkylation sites (N-methyl/N-ethyl adjacent to an activating group) is 1. The second-order valence-corrected chi connectivity index (χ2v) is 8.44. The van der Waals surface area contributed by atoms with Gasteiger partial charge in [-0.2, -0.15) is 0 Å². The minimum atomic E-state index is 0. The lowest BCUT2D eigenvalue weighted by Gasteiger charge is -2.24. The molecule has 0 bridgehead atoms. The van der Waals surface area contributed by atoms with Gasteiger partial charge in [0, 0.05) is 64.3 Å². The van der Waals surface area contributed by atoms with Gasteiger partial charge in [0.15, 0.2) is 5.96 Å². The van der Waals surface area contributed by atoms with Gasteiger partial charge in [0.1, 0.15) is 0 Å². The largest absolute Gasteiger partial charge is 0.370 e. The average Bonchev–Trinajstić information content (AvgIpc) is 3.17. The third-order valence-corrected chi connectivity index (χ3v) is 6.01. The number of hydrogen-bond donors (Lipinski definition) is 2. The van der Waals surface area contributed by atoms with Crippen LogP contribution in [-0.2, 0) is 11.2 Å². The van der Waals surface area contributed by atoms with Crippen LogP contribution >= 0.6 is 24.0 Å². The number of nitrogens with zero attached hydrogens (tertiary/aromatic N) is 3. The normalized spacial score (nSPS) is 15.8. The zero-order valence-electron chi connectivity index (χ0n) is 20.1. The number of carbonyl (C=O) groups is 1. The Morgan fingerprint density at radius 3 is 2.64 bits per heavy atom. The number of guanidine groups is 1. The van der Waals surface area contributed by atoms with Crippen molar-refractivity contribution < 1.29 is 4.79 Å². The lowest BCUT2D eigenvalue weighted by atomic mass is 10.1. The first-order valence-electron chi connectivity index (χ1n) is 11.7. The van der Waals surface area contributed by atoms with Gasteiger partial charge in [-0.25, -0.2) is 0 Å². The zero-order chi connectivity index (χ0) is 22.8. The molecule has 0 aromatic heterocycles. The van der Waals surface area contributed by atoms with Gasteiger partial charge in [-0.3, -0.25) is 9.79 Å². The van der Waals surface area contributed by atoms with Gasteiger partial charge in [0.05, 0.1) is 0 Å². The summed E-state index contributed by atoms with van der Waals surface area (Å²) in [5.41, 5.74) is 3.80. The van der Waals surface area contributed by atoms with Crippen LogP contribution in [0.5, 0.6) is 0 Å². The summed E-state index contributed by atoms with van der Waals surface area (Å²) in [5.74, 6) is 1.36. The lowest BCUT2D eigenvalue weighted by Crippen LogP contribution is -2.43. The maximum Gasteiger partial charge on any atom is 0.223 e. The van der Waals surface area contributed by atoms with Gasteiger partial charge in [-0.1, -0.05) is 42.5 Å². The summed E-state index contributed by atoms with van der Waals surface area (Å²) >= 11 is 0. The molecule has 1 atom stereocenters. The number of likely N-dealkylation sites (tertiary alicyclic amines) is 1. The molecule has 1 saturated heterocycles. The van der Waals surface area contributed by atoms with Crippen molar-refractivity contribution in [2.45, 2.75) is 26.7 Å². The molecule has 180 valence electrons. The molecule has 2 aromatic carbocycles. The molecule has 33 heavy (non-hydrogen) atoms. The molecule has 1 fully saturated rings. The van der Waals surface area contributed by atoms with E-state index in [0.717, 1.165) is 51.6 Å². The van der Waals surface area contributed by atoms with Gasteiger partial charge >= 0.3 is 0 Å². The first-order valence-corrected chi connectivity index (χ1v) is 11.7. The first kappa shape index (κ1) is 27.0. The van der Waals surface area contributed by atoms with Gasteiger partial charge < -0.3 is 20.4 Å². The number of carbonyl (C=O) groups excluding carboxylic acids is 1. The van der Waals surface area contributed by atoms with Crippen LogP contribution in [0.15, 0.2) is 59.6 Å². The van der Waals surface area contributed by atoms with Crippen molar-refractivity contribution in [3.8, 4) is 0 Å². The van der Waals surface area contributed by atoms with Crippen molar-refractivity contribution in [1.82, 2.24) is 15.5 Å². The molecule has 2 N–H and O–H groups in total. The molecular weight excluding hydrogens is 525 g/mol. The van der Waals surface area contributed by atoms with Crippen LogP contribution in [0.25, 0.3) is 0 Å². The number of aryl methyl sites for hydroxylation is 1. The van der Waals surface area contributed by atoms with Gasteiger partial charge in [0.25, 0.3) is 0 Å². The summed E-state index contributed by atoms with van der Waals surface area (Å²) in [6, 6.07) is 19.0. The maximum absolute atomic E-state index is 12.4. The van der Waals surface area contributed by atoms with Crippen LogP contribution < -0.4 is 15.5 Å². The predicted octanol–water partition coefficient (Wildman–Crippen LogP) is 3.70. The molecule has 1 aliphatic heterocycles. The van der Waals surface area contributed by atoms with Crippen molar-refractivity contribution in [2.24, 2.45) is 10.9 Å². The number of aliphatic imine (C=N–C) groups is 1. The van der Waals surface area contributed by atoms with Crippen molar-refractivity contribution >= 4 is 41.5 Å². The molecule has 6 nitrogen and oxygen atoms in total. The van der Waals surface area contributed by atoms with E-state index < -0.39 is 0 Å². The number of halogens is 1. The third-order valence-electron chi connectivity index (χ3n) is 6.01. The topological polar surface area (TPSA) is 60.0 Å². The third kappa shape index (κ3) is 8.53. The molecule has 0 saturated carbocycles. The second kappa shape index (κ2) is 14.1. The Bertz CT molecular complexity index is 889. The van der Waals surface area contributed by atoms with E-state index in [9.17, 15) is 4.79 Å². The predicted molar refractivity (Wildman–Crippen MR) is 149 cm³/mol. The van der Waals surface area contributed by atoms with E-state index in [-0.39, 0.29) is 29.9 Å². The molecule has 3 rings (SSSR count). The van der Waals surface area contributed by atoms with Crippen LogP contribution in [0.3, 0.4) is 0 Å². The van der Waals surface area contributed by atoms with Crippen LogP contribution in [0, 0.1) is 12.8 Å². The van der Waals surface area contributed by atoms with Crippen LogP contribution in [0.1, 0.15) is 24.5 Å². The van der Waals surface area contributed by atoms with E-state index in [1.807, 2.05) is 23.1 Å². The molecule has 1 aliphatic rings. The smallest absolute Gasteiger partial charge is 0.223 e. The second-order valence-electron chi connectivity index (χ2n) is 8.44. The Morgan fingerprint density at radius 1 is 1.15 bits per heavy atom. The molecule has 1 amide bonds. The molecule has 7 heteroatoms. The number of anilines is 1. The Hall–Kier alpha value is -2.29. The number of benzene rings is 2. The van der Waals surface area contributed by atoms with E-state index >= 15 is 0 Å². The molecule has 0 aliphatic carbocycles. The zero-order valence-corrected chi connectivity index (χ0v) is 22.4. The summed E-state index contributed by atoms with van der Waals surface area (Å²) < 4.78 is 0. The fraction of sp³-hybridized carbons (Fsp3) is 0.462. The molecule has 2 aromatic rings. The maximum atomic E-state index is 12.4. The van der Waals surface area contributed by atoms with Crippen LogP contribution in [0.4, 0.5) is 5.69 Å². The molecule has 1 heterocycles. The fourth-order valence-electron chi connectivity index (χ4n) is 4.18. The lowest BCUT2D eigenvalue weighted by molar-refractivity contribution is -0.127. The van der Waals surface area contributed by atoms with Crippen molar-refractivity contribution in [1.29, 1.82) is 0 Å². The van der Waals surface area contributed by atoms with Gasteiger partial charge in [-0.15, -0.1) is 24.0 Å². The highest BCUT2D eigenvalue weighted by atomic mass is 127. The van der Waals surface area contributed by atoms with Gasteiger partial charge in [-0.05, 0) is 43.5 Å². The van der Waals surface area contributed by atoms with Crippen molar-refractivity contribution in [3.63, 3.8) is 0 Å². The molecular formula is C26H38IN5O. The van der Waals surface area contributed by atoms with Crippen molar-refractivity contribution in [2.75, 3.05) is 51.2 Å². The number of rotatable bonds is 10. The summed E-state index contributed by atoms with van der Waals surface area (Å²) in [7, 11) is 1.79. The van der Waals surface area contributed by atoms with E-state index in [1.54, 1.807) is 7.05 Å². The Morgan fingerprint density at radius 2 is 1.94 bits per heavy atom. The molecule has 0 radical (unpaired) electrons. The quantitative estimate of drug-likeness (QED) is 0.263. The summed E-state index contributed by atoms with van der Waals surface area (Å²) in [4.78, 5) is 21.1. The van der Waals surface area contributed by atoms with Crippen molar-refractivity contribution in [3.05, 3.63) is 65.7 Å². The number of hydrogen-bond acceptors (Lipinski definition) is 3. The average molecular weight is 564 g/mol. The van der Waals surface area contributed by atoms with E-state index in [4.69, 9.17) is 0 Å². The minimum Gasteiger partial charge on any atom is -0.370 e. The highest BCUT2D eigenvalue weighted by Gasteiger charge is 2.29. The van der Waals surface area contributed by atoms with Crippen LogP contribution in [0.2, 0.25) is 0 Å². The highest BCUT2D eigenvalue weighted by Crippen LogP contribution is 2.18. The summed E-state index contributed by atoms with van der Waals surface area (Å²) in [6.45, 7) is 9.31. The summed E-state index contributed by atoms with van der Waals surface area (Å²) in [5, 5.41) is 6.82. The first-order chi connectivity index (χ1) is 15.6. The van der Waals surface area contributed by atoms with Crippen LogP contribution in [-0.4, -0.2) is 63.1 Å². The Balaban J connectivity index is 0.00000385. The van der Waals surface area contributed by atoms with E-state index in [0.29, 0.717) is 12.3 Å². The standard InChI is InChI=1S/C26H37N5O.HI/c1-4-30(24-12-8-9-21(2)17-24)16-14-28-26(27-3)29-19-23-18-25(32)31(20-23)15-13-22-10-6-5-7-11-22;/h5-12,17,23H,4,13-16,18-20H2,1-3H3,(H2,27,28,29);1H. The fourth-order valence-corrected chi connectivity index (χ4v) is 4.18. The minimum absolute atomic E-state index is 0. The molecule has 1 unspecified atom stereocenters. The highest BCUT2D eigenvalue weighted by molar-refractivity contribution is 14.0. The van der Waals surface area contributed by atoms with Gasteiger partial charge in [0.2, 0.25) is 5.91 Å². The summed E-state index contributed by atoms with van der Waals surface area (Å²) in [6.07, 6.45) is 1.51. The molecule has 0 spiro atoms.